The Morgan fingerprint density at radius 1 is 1.21 bits per heavy atom. The molecule has 2 aromatic rings. The van der Waals surface area contributed by atoms with Crippen molar-refractivity contribution < 1.29 is 22.7 Å². The molecule has 29 heavy (non-hydrogen) atoms. The number of rotatable bonds is 8. The minimum atomic E-state index is -3.82. The summed E-state index contributed by atoms with van der Waals surface area (Å²) >= 11 is 0. The predicted molar refractivity (Wildman–Crippen MR) is 102 cm³/mol. The molecule has 2 heterocycles. The summed E-state index contributed by atoms with van der Waals surface area (Å²) in [6, 6.07) is 4.09. The lowest BCUT2D eigenvalue weighted by atomic mass is 9.98. The van der Waals surface area contributed by atoms with Crippen LogP contribution < -0.4 is 4.72 Å². The Labute approximate surface area is 169 Å². The minimum absolute atomic E-state index is 0.0182. The van der Waals surface area contributed by atoms with Gasteiger partial charge >= 0.3 is 0 Å². The predicted octanol–water partition coefficient (Wildman–Crippen LogP) is 1.57. The van der Waals surface area contributed by atoms with E-state index in [0.717, 1.165) is 17.8 Å². The maximum atomic E-state index is 13.1. The van der Waals surface area contributed by atoms with E-state index in [1.807, 2.05) is 10.9 Å². The van der Waals surface area contributed by atoms with Gasteiger partial charge in [-0.1, -0.05) is 5.21 Å². The standard InChI is InChI=1S/C19H25FN4O4S/c20-14-3-6-16(7-4-14)29(26,27)22-17-8-5-15(28-19(17)12-25)9-10-24-11-18(21-23-24)13-1-2-13/h3-4,6-7,11,13,15,17,19,22,25H,1-2,5,8-10,12H2/t15-,17-,19-/m1/s1. The smallest absolute Gasteiger partial charge is 0.240 e. The number of aliphatic hydroxyl groups excluding tert-OH is 1. The summed E-state index contributed by atoms with van der Waals surface area (Å²) in [7, 11) is -3.82. The molecule has 1 aliphatic carbocycles. The van der Waals surface area contributed by atoms with Crippen molar-refractivity contribution >= 4 is 10.0 Å². The number of halogens is 1. The molecule has 1 aromatic carbocycles. The molecule has 8 nitrogen and oxygen atoms in total. The third-order valence-corrected chi connectivity index (χ3v) is 6.96. The first-order chi connectivity index (χ1) is 13.9. The first-order valence-electron chi connectivity index (χ1n) is 9.89. The first kappa shape index (κ1) is 20.4. The second-order valence-corrected chi connectivity index (χ2v) is 9.42. The number of sulfonamides is 1. The van der Waals surface area contributed by atoms with Crippen LogP contribution in [0.4, 0.5) is 4.39 Å². The molecular weight excluding hydrogens is 399 g/mol. The molecule has 4 rings (SSSR count). The number of benzene rings is 1. The Morgan fingerprint density at radius 3 is 2.66 bits per heavy atom. The third-order valence-electron chi connectivity index (χ3n) is 5.46. The first-order valence-corrected chi connectivity index (χ1v) is 11.4. The fraction of sp³-hybridized carbons (Fsp3) is 0.579. The Hall–Kier alpha value is -1.88. The van der Waals surface area contributed by atoms with Gasteiger partial charge in [-0.3, -0.25) is 4.68 Å². The summed E-state index contributed by atoms with van der Waals surface area (Å²) in [6.45, 7) is 0.372. The van der Waals surface area contributed by atoms with Crippen LogP contribution in [0.25, 0.3) is 0 Å². The van der Waals surface area contributed by atoms with Crippen LogP contribution in [-0.2, 0) is 21.3 Å². The Morgan fingerprint density at radius 2 is 1.97 bits per heavy atom. The molecule has 1 saturated heterocycles. The van der Waals surface area contributed by atoms with Gasteiger partial charge in [-0.2, -0.15) is 0 Å². The van der Waals surface area contributed by atoms with E-state index in [1.165, 1.54) is 25.0 Å². The lowest BCUT2D eigenvalue weighted by Gasteiger charge is -2.36. The van der Waals surface area contributed by atoms with Gasteiger partial charge in [0.1, 0.15) is 5.82 Å². The molecule has 2 aliphatic rings. The maximum Gasteiger partial charge on any atom is 0.240 e. The van der Waals surface area contributed by atoms with Crippen LogP contribution in [0.2, 0.25) is 0 Å². The molecule has 1 aromatic heterocycles. The Balaban J connectivity index is 1.32. The summed E-state index contributed by atoms with van der Waals surface area (Å²) in [5.74, 6) is 0.0565. The van der Waals surface area contributed by atoms with Gasteiger partial charge < -0.3 is 9.84 Å². The van der Waals surface area contributed by atoms with Gasteiger partial charge in [-0.05, 0) is 56.4 Å². The molecule has 0 bridgehead atoms. The fourth-order valence-corrected chi connectivity index (χ4v) is 4.92. The zero-order valence-electron chi connectivity index (χ0n) is 15.9. The molecule has 0 radical (unpaired) electrons. The van der Waals surface area contributed by atoms with Crippen LogP contribution in [0.15, 0.2) is 35.4 Å². The van der Waals surface area contributed by atoms with Crippen LogP contribution >= 0.6 is 0 Å². The second-order valence-electron chi connectivity index (χ2n) is 7.71. The van der Waals surface area contributed by atoms with Crippen LogP contribution in [0, 0.1) is 5.82 Å². The molecule has 0 spiro atoms. The van der Waals surface area contributed by atoms with Crippen molar-refractivity contribution in [2.75, 3.05) is 6.61 Å². The summed E-state index contributed by atoms with van der Waals surface area (Å²) in [4.78, 5) is -0.0182. The highest BCUT2D eigenvalue weighted by Gasteiger charge is 2.34. The molecule has 158 valence electrons. The van der Waals surface area contributed by atoms with Gasteiger partial charge in [0.2, 0.25) is 10.0 Å². The molecule has 2 N–H and O–H groups in total. The summed E-state index contributed by atoms with van der Waals surface area (Å²) in [6.07, 6.45) is 5.52. The van der Waals surface area contributed by atoms with E-state index in [-0.39, 0.29) is 17.6 Å². The van der Waals surface area contributed by atoms with Crippen LogP contribution in [0.1, 0.15) is 43.7 Å². The van der Waals surface area contributed by atoms with Crippen LogP contribution in [0.5, 0.6) is 0 Å². The maximum absolute atomic E-state index is 13.1. The molecule has 2 fully saturated rings. The van der Waals surface area contributed by atoms with E-state index in [2.05, 4.69) is 15.0 Å². The molecule has 0 unspecified atom stereocenters. The number of hydrogen-bond acceptors (Lipinski definition) is 6. The quantitative estimate of drug-likeness (QED) is 0.666. The molecule has 10 heteroatoms. The van der Waals surface area contributed by atoms with Gasteiger partial charge in [-0.15, -0.1) is 5.10 Å². The van der Waals surface area contributed by atoms with Crippen molar-refractivity contribution in [3.05, 3.63) is 42.0 Å². The number of aromatic nitrogens is 3. The number of ether oxygens (including phenoxy) is 1. The van der Waals surface area contributed by atoms with Gasteiger partial charge in [-0.25, -0.2) is 17.5 Å². The number of nitrogens with zero attached hydrogens (tertiary/aromatic N) is 3. The zero-order chi connectivity index (χ0) is 20.4. The van der Waals surface area contributed by atoms with Crippen molar-refractivity contribution in [2.45, 2.75) is 67.7 Å². The number of hydrogen-bond donors (Lipinski definition) is 2. The van der Waals surface area contributed by atoms with Crippen molar-refractivity contribution in [3.8, 4) is 0 Å². The number of aryl methyl sites for hydroxylation is 1. The monoisotopic (exact) mass is 424 g/mol. The lowest BCUT2D eigenvalue weighted by molar-refractivity contribution is -0.0891. The highest BCUT2D eigenvalue weighted by atomic mass is 32.2. The van der Waals surface area contributed by atoms with Crippen LogP contribution in [0.3, 0.4) is 0 Å². The number of nitrogens with one attached hydrogen (secondary N) is 1. The van der Waals surface area contributed by atoms with Gasteiger partial charge in [0.15, 0.2) is 0 Å². The third kappa shape index (κ3) is 5.00. The summed E-state index contributed by atoms with van der Waals surface area (Å²) < 4.78 is 48.5. The lowest BCUT2D eigenvalue weighted by Crippen LogP contribution is -2.50. The van der Waals surface area contributed by atoms with Gasteiger partial charge in [0, 0.05) is 18.7 Å². The summed E-state index contributed by atoms with van der Waals surface area (Å²) in [5, 5.41) is 18.0. The van der Waals surface area contributed by atoms with Crippen molar-refractivity contribution in [1.29, 1.82) is 0 Å². The SMILES string of the molecule is O=S(=O)(N[C@@H]1CC[C@H](CCn2cc(C3CC3)nn2)O[C@@H]1CO)c1ccc(F)cc1. The highest BCUT2D eigenvalue weighted by molar-refractivity contribution is 7.89. The van der Waals surface area contributed by atoms with Crippen LogP contribution in [-0.4, -0.2) is 53.4 Å². The highest BCUT2D eigenvalue weighted by Crippen LogP contribution is 2.38. The Kier molecular flexibility index (Phi) is 5.95. The molecule has 3 atom stereocenters. The normalized spacial score (nSPS) is 25.2. The molecule has 1 saturated carbocycles. The number of aliphatic hydroxyl groups is 1. The van der Waals surface area contributed by atoms with E-state index < -0.39 is 28.0 Å². The molecular formula is C19H25FN4O4S. The van der Waals surface area contributed by atoms with Crippen molar-refractivity contribution in [2.24, 2.45) is 0 Å². The topological polar surface area (TPSA) is 106 Å². The zero-order valence-corrected chi connectivity index (χ0v) is 16.8. The average Bonchev–Trinajstić information content (AvgIpc) is 3.45. The molecule has 0 amide bonds. The minimum Gasteiger partial charge on any atom is -0.394 e. The molecule has 1 aliphatic heterocycles. The van der Waals surface area contributed by atoms with E-state index >= 15 is 0 Å². The summed E-state index contributed by atoms with van der Waals surface area (Å²) in [5.41, 5.74) is 1.04. The largest absolute Gasteiger partial charge is 0.394 e. The van der Waals surface area contributed by atoms with Gasteiger partial charge in [0.05, 0.1) is 35.4 Å². The van der Waals surface area contributed by atoms with E-state index in [9.17, 15) is 17.9 Å². The second kappa shape index (κ2) is 8.47. The van der Waals surface area contributed by atoms with Crippen molar-refractivity contribution in [1.82, 2.24) is 19.7 Å². The average molecular weight is 424 g/mol. The van der Waals surface area contributed by atoms with Crippen molar-refractivity contribution in [3.63, 3.8) is 0 Å². The Bertz CT molecular complexity index is 930. The van der Waals surface area contributed by atoms with E-state index in [4.69, 9.17) is 4.74 Å². The fourth-order valence-electron chi connectivity index (χ4n) is 3.63. The van der Waals surface area contributed by atoms with E-state index in [0.29, 0.717) is 31.7 Å². The van der Waals surface area contributed by atoms with Gasteiger partial charge in [0.25, 0.3) is 0 Å². The van der Waals surface area contributed by atoms with E-state index in [1.54, 1.807) is 0 Å².